The maximum atomic E-state index is 11.4. The second-order valence-corrected chi connectivity index (χ2v) is 3.76. The summed E-state index contributed by atoms with van der Waals surface area (Å²) in [7, 11) is 1.37. The molecule has 0 bridgehead atoms. The lowest BCUT2D eigenvalue weighted by Gasteiger charge is -2.18. The summed E-state index contributed by atoms with van der Waals surface area (Å²) in [5.74, 6) is 0.117. The number of rotatable bonds is 2. The standard InChI is InChI=1S/C10H18N2O3/c1-15-10(14)12-5-2-3-8(4-6-12)9(13)7-11/h8H,2-7,11H2,1H3. The molecule has 1 fully saturated rings. The molecular weight excluding hydrogens is 196 g/mol. The van der Waals surface area contributed by atoms with E-state index in [1.54, 1.807) is 4.90 Å². The molecule has 0 aliphatic carbocycles. The van der Waals surface area contributed by atoms with Crippen molar-refractivity contribution in [1.29, 1.82) is 0 Å². The van der Waals surface area contributed by atoms with Crippen molar-refractivity contribution in [3.63, 3.8) is 0 Å². The maximum absolute atomic E-state index is 11.4. The van der Waals surface area contributed by atoms with E-state index in [9.17, 15) is 9.59 Å². The fourth-order valence-electron chi connectivity index (χ4n) is 1.90. The van der Waals surface area contributed by atoms with Crippen LogP contribution in [0, 0.1) is 5.92 Å². The van der Waals surface area contributed by atoms with Gasteiger partial charge in [-0.15, -0.1) is 0 Å². The van der Waals surface area contributed by atoms with Crippen LogP contribution in [0.1, 0.15) is 19.3 Å². The van der Waals surface area contributed by atoms with Gasteiger partial charge >= 0.3 is 6.09 Å². The van der Waals surface area contributed by atoms with Gasteiger partial charge in [0.15, 0.2) is 0 Å². The Morgan fingerprint density at radius 3 is 2.73 bits per heavy atom. The Kier molecular flexibility index (Phi) is 4.55. The van der Waals surface area contributed by atoms with E-state index in [0.29, 0.717) is 19.5 Å². The van der Waals surface area contributed by atoms with Crippen molar-refractivity contribution in [2.45, 2.75) is 19.3 Å². The van der Waals surface area contributed by atoms with Crippen LogP contribution in [0.4, 0.5) is 4.79 Å². The van der Waals surface area contributed by atoms with Gasteiger partial charge in [-0.25, -0.2) is 4.79 Å². The first-order valence-corrected chi connectivity index (χ1v) is 5.24. The summed E-state index contributed by atoms with van der Waals surface area (Å²) in [6.45, 7) is 1.35. The fourth-order valence-corrected chi connectivity index (χ4v) is 1.90. The molecule has 1 amide bonds. The summed E-state index contributed by atoms with van der Waals surface area (Å²) in [6, 6.07) is 0. The highest BCUT2D eigenvalue weighted by Crippen LogP contribution is 2.18. The highest BCUT2D eigenvalue weighted by Gasteiger charge is 2.24. The van der Waals surface area contributed by atoms with E-state index < -0.39 is 0 Å². The van der Waals surface area contributed by atoms with Crippen molar-refractivity contribution < 1.29 is 14.3 Å². The molecule has 5 nitrogen and oxygen atoms in total. The highest BCUT2D eigenvalue weighted by atomic mass is 16.5. The Hall–Kier alpha value is -1.10. The first-order chi connectivity index (χ1) is 7.19. The Morgan fingerprint density at radius 2 is 2.13 bits per heavy atom. The number of hydrogen-bond acceptors (Lipinski definition) is 4. The van der Waals surface area contributed by atoms with E-state index in [0.717, 1.165) is 12.8 Å². The molecule has 5 heteroatoms. The van der Waals surface area contributed by atoms with Gasteiger partial charge in [0.05, 0.1) is 13.7 Å². The van der Waals surface area contributed by atoms with Gasteiger partial charge in [0.1, 0.15) is 5.78 Å². The van der Waals surface area contributed by atoms with E-state index >= 15 is 0 Å². The lowest BCUT2D eigenvalue weighted by Crippen LogP contribution is -2.32. The molecule has 2 N–H and O–H groups in total. The van der Waals surface area contributed by atoms with Gasteiger partial charge in [0, 0.05) is 19.0 Å². The summed E-state index contributed by atoms with van der Waals surface area (Å²) in [5, 5.41) is 0. The van der Waals surface area contributed by atoms with Crippen molar-refractivity contribution in [3.05, 3.63) is 0 Å². The fraction of sp³-hybridized carbons (Fsp3) is 0.800. The zero-order valence-electron chi connectivity index (χ0n) is 9.07. The van der Waals surface area contributed by atoms with Crippen molar-refractivity contribution in [2.24, 2.45) is 11.7 Å². The number of Topliss-reactive ketones (excluding diaryl/α,β-unsaturated/α-hetero) is 1. The highest BCUT2D eigenvalue weighted by molar-refractivity contribution is 5.82. The second-order valence-electron chi connectivity index (χ2n) is 3.76. The van der Waals surface area contributed by atoms with Crippen LogP contribution in [-0.2, 0) is 9.53 Å². The van der Waals surface area contributed by atoms with Gasteiger partial charge in [-0.1, -0.05) is 0 Å². The molecule has 0 spiro atoms. The molecule has 1 rings (SSSR count). The van der Waals surface area contributed by atoms with E-state index in [1.807, 2.05) is 0 Å². The summed E-state index contributed by atoms with van der Waals surface area (Å²) in [6.07, 6.45) is 2.05. The smallest absolute Gasteiger partial charge is 0.409 e. The number of carbonyl (C=O) groups is 2. The molecule has 86 valence electrons. The molecule has 0 aromatic rings. The number of ketones is 1. The van der Waals surface area contributed by atoms with Crippen LogP contribution in [0.15, 0.2) is 0 Å². The second kappa shape index (κ2) is 5.70. The third-order valence-corrected chi connectivity index (χ3v) is 2.82. The maximum Gasteiger partial charge on any atom is 0.409 e. The van der Waals surface area contributed by atoms with Crippen molar-refractivity contribution in [1.82, 2.24) is 4.90 Å². The Labute approximate surface area is 89.6 Å². The number of nitrogens with zero attached hydrogens (tertiary/aromatic N) is 1. The average molecular weight is 214 g/mol. The number of ether oxygens (including phenoxy) is 1. The minimum Gasteiger partial charge on any atom is -0.453 e. The van der Waals surface area contributed by atoms with Gasteiger partial charge < -0.3 is 15.4 Å². The van der Waals surface area contributed by atoms with Gasteiger partial charge in [-0.3, -0.25) is 4.79 Å². The SMILES string of the molecule is COC(=O)N1CCCC(C(=O)CN)CC1. The number of likely N-dealkylation sites (tertiary alicyclic amines) is 1. The molecule has 15 heavy (non-hydrogen) atoms. The summed E-state index contributed by atoms with van der Waals surface area (Å²) in [5.41, 5.74) is 5.32. The third kappa shape index (κ3) is 3.20. The van der Waals surface area contributed by atoms with E-state index in [1.165, 1.54) is 7.11 Å². The molecule has 0 aromatic carbocycles. The number of amides is 1. The lowest BCUT2D eigenvalue weighted by molar-refractivity contribution is -0.121. The van der Waals surface area contributed by atoms with Crippen LogP contribution < -0.4 is 5.73 Å². The molecule has 1 unspecified atom stereocenters. The molecule has 0 radical (unpaired) electrons. The Balaban J connectivity index is 2.48. The van der Waals surface area contributed by atoms with Crippen LogP contribution in [0.2, 0.25) is 0 Å². The average Bonchev–Trinajstić information content (AvgIpc) is 2.52. The van der Waals surface area contributed by atoms with Crippen molar-refractivity contribution >= 4 is 11.9 Å². The largest absolute Gasteiger partial charge is 0.453 e. The molecule has 1 atom stereocenters. The molecule has 1 aliphatic heterocycles. The quantitative estimate of drug-likeness (QED) is 0.721. The van der Waals surface area contributed by atoms with Crippen molar-refractivity contribution in [2.75, 3.05) is 26.7 Å². The molecular formula is C10H18N2O3. The zero-order valence-corrected chi connectivity index (χ0v) is 9.07. The van der Waals surface area contributed by atoms with Crippen LogP contribution in [-0.4, -0.2) is 43.5 Å². The number of methoxy groups -OCH3 is 1. The van der Waals surface area contributed by atoms with E-state index in [4.69, 9.17) is 5.73 Å². The number of carbonyl (C=O) groups excluding carboxylic acids is 2. The monoisotopic (exact) mass is 214 g/mol. The topological polar surface area (TPSA) is 72.6 Å². The summed E-state index contributed by atoms with van der Waals surface area (Å²) < 4.78 is 4.64. The molecule has 1 aliphatic rings. The van der Waals surface area contributed by atoms with Crippen molar-refractivity contribution in [3.8, 4) is 0 Å². The Bertz CT molecular complexity index is 219. The van der Waals surface area contributed by atoms with Crippen LogP contribution in [0.25, 0.3) is 0 Å². The van der Waals surface area contributed by atoms with Crippen LogP contribution in [0.5, 0.6) is 0 Å². The van der Waals surface area contributed by atoms with Gasteiger partial charge in [-0.05, 0) is 19.3 Å². The predicted molar refractivity (Wildman–Crippen MR) is 55.4 cm³/mol. The van der Waals surface area contributed by atoms with Crippen LogP contribution >= 0.6 is 0 Å². The Morgan fingerprint density at radius 1 is 1.40 bits per heavy atom. The zero-order chi connectivity index (χ0) is 11.3. The van der Waals surface area contributed by atoms with Crippen LogP contribution in [0.3, 0.4) is 0 Å². The molecule has 0 saturated carbocycles. The first-order valence-electron chi connectivity index (χ1n) is 5.24. The van der Waals surface area contributed by atoms with E-state index in [-0.39, 0.29) is 24.3 Å². The minimum absolute atomic E-state index is 0.0182. The van der Waals surface area contributed by atoms with Gasteiger partial charge in [0.25, 0.3) is 0 Å². The summed E-state index contributed by atoms with van der Waals surface area (Å²) in [4.78, 5) is 24.3. The molecule has 0 aromatic heterocycles. The van der Waals surface area contributed by atoms with Gasteiger partial charge in [0.2, 0.25) is 0 Å². The summed E-state index contributed by atoms with van der Waals surface area (Å²) >= 11 is 0. The first kappa shape index (κ1) is 12.0. The third-order valence-electron chi connectivity index (χ3n) is 2.82. The molecule has 1 heterocycles. The number of nitrogens with two attached hydrogens (primary N) is 1. The normalized spacial score (nSPS) is 22.0. The predicted octanol–water partition coefficient (Wildman–Crippen LogP) is 0.383. The molecule has 1 saturated heterocycles. The minimum atomic E-state index is -0.309. The number of hydrogen-bond donors (Lipinski definition) is 1. The van der Waals surface area contributed by atoms with E-state index in [2.05, 4.69) is 4.74 Å². The lowest BCUT2D eigenvalue weighted by atomic mass is 9.96. The van der Waals surface area contributed by atoms with Gasteiger partial charge in [-0.2, -0.15) is 0 Å².